The van der Waals surface area contributed by atoms with Gasteiger partial charge in [-0.1, -0.05) is 6.07 Å². The standard InChI is InChI=1S/C16H19BrN4O/c1-4-21(5-2)15-9-14(18-10-19-15)16(22)20-13-7-6-11(3)8-12(13)17/h6-10H,4-5H2,1-3H3,(H,20,22). The maximum absolute atomic E-state index is 12.4. The van der Waals surface area contributed by atoms with Crippen LogP contribution in [0.4, 0.5) is 11.5 Å². The minimum atomic E-state index is -0.250. The van der Waals surface area contributed by atoms with Gasteiger partial charge in [-0.25, -0.2) is 9.97 Å². The number of nitrogens with one attached hydrogen (secondary N) is 1. The maximum Gasteiger partial charge on any atom is 0.274 e. The first-order chi connectivity index (χ1) is 10.5. The fourth-order valence-corrected chi connectivity index (χ4v) is 2.69. The number of anilines is 2. The van der Waals surface area contributed by atoms with E-state index in [4.69, 9.17) is 0 Å². The van der Waals surface area contributed by atoms with Crippen molar-refractivity contribution < 1.29 is 4.79 Å². The fourth-order valence-electron chi connectivity index (χ4n) is 2.10. The Bertz CT molecular complexity index is 671. The highest BCUT2D eigenvalue weighted by Crippen LogP contribution is 2.24. The normalized spacial score (nSPS) is 10.4. The van der Waals surface area contributed by atoms with Gasteiger partial charge in [-0.3, -0.25) is 4.79 Å². The SMILES string of the molecule is CCN(CC)c1cc(C(=O)Nc2ccc(C)cc2Br)ncn1. The van der Waals surface area contributed by atoms with Crippen molar-refractivity contribution in [2.75, 3.05) is 23.3 Å². The number of benzene rings is 1. The van der Waals surface area contributed by atoms with E-state index in [1.165, 1.54) is 6.33 Å². The van der Waals surface area contributed by atoms with Crippen LogP contribution in [0.15, 0.2) is 35.1 Å². The fraction of sp³-hybridized carbons (Fsp3) is 0.312. The Hall–Kier alpha value is -1.95. The Kier molecular flexibility index (Phi) is 5.49. The predicted molar refractivity (Wildman–Crippen MR) is 92.4 cm³/mol. The van der Waals surface area contributed by atoms with Crippen LogP contribution in [0, 0.1) is 6.92 Å². The Morgan fingerprint density at radius 2 is 1.95 bits per heavy atom. The van der Waals surface area contributed by atoms with Crippen molar-refractivity contribution in [3.8, 4) is 0 Å². The minimum absolute atomic E-state index is 0.250. The quantitative estimate of drug-likeness (QED) is 0.881. The number of halogens is 1. The molecule has 22 heavy (non-hydrogen) atoms. The second-order valence-electron chi connectivity index (χ2n) is 4.87. The Morgan fingerprint density at radius 1 is 1.23 bits per heavy atom. The Morgan fingerprint density at radius 3 is 2.59 bits per heavy atom. The zero-order valence-electron chi connectivity index (χ0n) is 12.9. The molecule has 0 bridgehead atoms. The molecule has 6 heteroatoms. The molecule has 2 rings (SSSR count). The summed E-state index contributed by atoms with van der Waals surface area (Å²) in [6.45, 7) is 7.76. The third kappa shape index (κ3) is 3.82. The summed E-state index contributed by atoms with van der Waals surface area (Å²) in [7, 11) is 0. The minimum Gasteiger partial charge on any atom is -0.357 e. The molecule has 0 aliphatic carbocycles. The van der Waals surface area contributed by atoms with E-state index in [9.17, 15) is 4.79 Å². The smallest absolute Gasteiger partial charge is 0.274 e. The summed E-state index contributed by atoms with van der Waals surface area (Å²) in [5.41, 5.74) is 2.19. The van der Waals surface area contributed by atoms with Gasteiger partial charge in [0.1, 0.15) is 17.8 Å². The summed E-state index contributed by atoms with van der Waals surface area (Å²) in [4.78, 5) is 22.7. The third-order valence-corrected chi connectivity index (χ3v) is 4.00. The molecule has 1 amide bonds. The van der Waals surface area contributed by atoms with Crippen molar-refractivity contribution in [3.63, 3.8) is 0 Å². The highest BCUT2D eigenvalue weighted by Gasteiger charge is 2.12. The van der Waals surface area contributed by atoms with E-state index < -0.39 is 0 Å². The highest BCUT2D eigenvalue weighted by molar-refractivity contribution is 9.10. The summed E-state index contributed by atoms with van der Waals surface area (Å²) in [5.74, 6) is 0.508. The van der Waals surface area contributed by atoms with Gasteiger partial charge in [0.15, 0.2) is 0 Å². The topological polar surface area (TPSA) is 58.1 Å². The molecular weight excluding hydrogens is 344 g/mol. The van der Waals surface area contributed by atoms with Gasteiger partial charge in [-0.15, -0.1) is 0 Å². The number of aryl methyl sites for hydroxylation is 1. The van der Waals surface area contributed by atoms with Crippen LogP contribution >= 0.6 is 15.9 Å². The van der Waals surface area contributed by atoms with Crippen LogP contribution in [-0.2, 0) is 0 Å². The van der Waals surface area contributed by atoms with Crippen LogP contribution in [0.2, 0.25) is 0 Å². The zero-order valence-corrected chi connectivity index (χ0v) is 14.5. The lowest BCUT2D eigenvalue weighted by Crippen LogP contribution is -2.24. The molecule has 0 saturated heterocycles. The number of hydrogen-bond acceptors (Lipinski definition) is 4. The largest absolute Gasteiger partial charge is 0.357 e. The third-order valence-electron chi connectivity index (χ3n) is 3.35. The number of hydrogen-bond donors (Lipinski definition) is 1. The molecule has 1 heterocycles. The predicted octanol–water partition coefficient (Wildman–Crippen LogP) is 3.65. The molecule has 0 spiro atoms. The van der Waals surface area contributed by atoms with Crippen LogP contribution in [0.1, 0.15) is 29.9 Å². The van der Waals surface area contributed by atoms with Crippen molar-refractivity contribution in [2.45, 2.75) is 20.8 Å². The molecule has 1 aromatic carbocycles. The summed E-state index contributed by atoms with van der Waals surface area (Å²) in [6.07, 6.45) is 1.42. The molecule has 0 aliphatic heterocycles. The summed E-state index contributed by atoms with van der Waals surface area (Å²) in [6, 6.07) is 7.48. The first kappa shape index (κ1) is 16.4. The van der Waals surface area contributed by atoms with E-state index in [1.807, 2.05) is 25.1 Å². The lowest BCUT2D eigenvalue weighted by molar-refractivity contribution is 0.102. The Balaban J connectivity index is 2.21. The van der Waals surface area contributed by atoms with E-state index in [-0.39, 0.29) is 5.91 Å². The first-order valence-corrected chi connectivity index (χ1v) is 7.99. The van der Waals surface area contributed by atoms with Crippen LogP contribution in [0.25, 0.3) is 0 Å². The van der Waals surface area contributed by atoms with Crippen molar-refractivity contribution in [1.29, 1.82) is 0 Å². The van der Waals surface area contributed by atoms with Gasteiger partial charge >= 0.3 is 0 Å². The van der Waals surface area contributed by atoms with Gasteiger partial charge in [0.2, 0.25) is 0 Å². The van der Waals surface area contributed by atoms with Crippen molar-refractivity contribution in [1.82, 2.24) is 9.97 Å². The van der Waals surface area contributed by atoms with E-state index in [0.717, 1.165) is 34.6 Å². The second kappa shape index (κ2) is 7.35. The van der Waals surface area contributed by atoms with E-state index in [2.05, 4.69) is 50.0 Å². The molecule has 5 nitrogen and oxygen atoms in total. The number of rotatable bonds is 5. The molecular formula is C16H19BrN4O. The number of aromatic nitrogens is 2. The number of carbonyl (C=O) groups excluding carboxylic acids is 1. The molecule has 0 saturated carbocycles. The van der Waals surface area contributed by atoms with Crippen molar-refractivity contribution >= 4 is 33.3 Å². The first-order valence-electron chi connectivity index (χ1n) is 7.19. The zero-order chi connectivity index (χ0) is 16.1. The van der Waals surface area contributed by atoms with Crippen LogP contribution in [0.3, 0.4) is 0 Å². The summed E-state index contributed by atoms with van der Waals surface area (Å²) in [5, 5.41) is 2.86. The van der Waals surface area contributed by atoms with Gasteiger partial charge in [0.25, 0.3) is 5.91 Å². The average Bonchev–Trinajstić information content (AvgIpc) is 2.51. The van der Waals surface area contributed by atoms with Crippen LogP contribution in [-0.4, -0.2) is 29.0 Å². The number of amides is 1. The van der Waals surface area contributed by atoms with Crippen LogP contribution in [0.5, 0.6) is 0 Å². The van der Waals surface area contributed by atoms with Gasteiger partial charge in [0, 0.05) is 23.6 Å². The molecule has 116 valence electrons. The van der Waals surface area contributed by atoms with Crippen LogP contribution < -0.4 is 10.2 Å². The second-order valence-corrected chi connectivity index (χ2v) is 5.73. The maximum atomic E-state index is 12.4. The Labute approximate surface area is 138 Å². The molecule has 0 radical (unpaired) electrons. The number of nitrogens with zero attached hydrogens (tertiary/aromatic N) is 3. The van der Waals surface area contributed by atoms with Gasteiger partial charge in [-0.2, -0.15) is 0 Å². The van der Waals surface area contributed by atoms with Crippen molar-refractivity contribution in [2.24, 2.45) is 0 Å². The highest BCUT2D eigenvalue weighted by atomic mass is 79.9. The molecule has 0 atom stereocenters. The molecule has 1 N–H and O–H groups in total. The monoisotopic (exact) mass is 362 g/mol. The van der Waals surface area contributed by atoms with E-state index in [0.29, 0.717) is 5.69 Å². The summed E-state index contributed by atoms with van der Waals surface area (Å²) < 4.78 is 0.846. The van der Waals surface area contributed by atoms with Crippen molar-refractivity contribution in [3.05, 3.63) is 46.3 Å². The molecule has 0 aliphatic rings. The number of carbonyl (C=O) groups is 1. The van der Waals surface area contributed by atoms with Gasteiger partial charge in [-0.05, 0) is 54.4 Å². The lowest BCUT2D eigenvalue weighted by Gasteiger charge is -2.19. The lowest BCUT2D eigenvalue weighted by atomic mass is 10.2. The van der Waals surface area contributed by atoms with E-state index >= 15 is 0 Å². The van der Waals surface area contributed by atoms with E-state index in [1.54, 1.807) is 6.07 Å². The molecule has 0 unspecified atom stereocenters. The molecule has 2 aromatic rings. The summed E-state index contributed by atoms with van der Waals surface area (Å²) >= 11 is 3.45. The van der Waals surface area contributed by atoms with Gasteiger partial charge < -0.3 is 10.2 Å². The average molecular weight is 363 g/mol. The molecule has 1 aromatic heterocycles. The van der Waals surface area contributed by atoms with Gasteiger partial charge in [0.05, 0.1) is 5.69 Å². The molecule has 0 fully saturated rings.